The fourth-order valence-electron chi connectivity index (χ4n) is 3.83. The number of rotatable bonds is 3. The summed E-state index contributed by atoms with van der Waals surface area (Å²) in [5.74, 6) is 1.18. The number of nitrogens with one attached hydrogen (secondary N) is 2. The van der Waals surface area contributed by atoms with Gasteiger partial charge in [-0.05, 0) is 31.9 Å². The maximum atomic E-state index is 12.7. The third kappa shape index (κ3) is 3.31. The van der Waals surface area contributed by atoms with Gasteiger partial charge in [0.15, 0.2) is 5.65 Å². The van der Waals surface area contributed by atoms with Crippen molar-refractivity contribution in [1.29, 1.82) is 0 Å². The van der Waals surface area contributed by atoms with E-state index in [9.17, 15) is 4.79 Å². The van der Waals surface area contributed by atoms with Crippen molar-refractivity contribution < 1.29 is 4.74 Å². The smallest absolute Gasteiger partial charge is 0.262 e. The second kappa shape index (κ2) is 7.12. The van der Waals surface area contributed by atoms with Crippen molar-refractivity contribution in [3.8, 4) is 0 Å². The fourth-order valence-corrected chi connectivity index (χ4v) is 4.15. The van der Waals surface area contributed by atoms with E-state index >= 15 is 0 Å². The fraction of sp³-hybridized carbons (Fsp3) is 0.368. The Kier molecular flexibility index (Phi) is 4.57. The molecule has 1 aliphatic heterocycles. The first kappa shape index (κ1) is 18.6. The lowest BCUT2D eigenvalue weighted by atomic mass is 10.1. The van der Waals surface area contributed by atoms with E-state index in [4.69, 9.17) is 32.9 Å². The van der Waals surface area contributed by atoms with Gasteiger partial charge in [-0.3, -0.25) is 4.79 Å². The first-order valence-corrected chi connectivity index (χ1v) is 10.1. The van der Waals surface area contributed by atoms with Crippen LogP contribution >= 0.6 is 23.2 Å². The van der Waals surface area contributed by atoms with E-state index in [1.807, 2.05) is 11.6 Å². The average Bonchev–Trinajstić information content (AvgIpc) is 3.23. The summed E-state index contributed by atoms with van der Waals surface area (Å²) in [4.78, 5) is 28.1. The Hall–Kier alpha value is -2.42. The molecule has 10 heteroatoms. The second-order valence-corrected chi connectivity index (χ2v) is 8.04. The summed E-state index contributed by atoms with van der Waals surface area (Å²) in [6.07, 6.45) is 2.04. The molecule has 2 N–H and O–H groups in total. The molecular weight excluding hydrogens is 415 g/mol. The van der Waals surface area contributed by atoms with Gasteiger partial charge in [0.1, 0.15) is 17.0 Å². The van der Waals surface area contributed by atoms with Crippen molar-refractivity contribution in [1.82, 2.24) is 29.7 Å². The molecule has 29 heavy (non-hydrogen) atoms. The lowest BCUT2D eigenvalue weighted by Crippen LogP contribution is -2.21. The summed E-state index contributed by atoms with van der Waals surface area (Å²) in [5.41, 5.74) is 2.58. The minimum Gasteiger partial charge on any atom is -0.381 e. The largest absolute Gasteiger partial charge is 0.381 e. The predicted octanol–water partition coefficient (Wildman–Crippen LogP) is 3.55. The molecule has 5 rings (SSSR count). The molecule has 4 heterocycles. The maximum Gasteiger partial charge on any atom is 0.262 e. The molecule has 0 unspecified atom stereocenters. The van der Waals surface area contributed by atoms with Crippen LogP contribution in [0.5, 0.6) is 0 Å². The van der Waals surface area contributed by atoms with Crippen LogP contribution in [0.2, 0.25) is 10.0 Å². The Labute approximate surface area is 175 Å². The molecule has 0 spiro atoms. The number of hydrogen-bond acceptors (Lipinski definition) is 5. The zero-order valence-electron chi connectivity index (χ0n) is 15.6. The van der Waals surface area contributed by atoms with Crippen LogP contribution in [0.3, 0.4) is 0 Å². The lowest BCUT2D eigenvalue weighted by molar-refractivity contribution is 0.0672. The number of H-pyrrole nitrogens is 2. The summed E-state index contributed by atoms with van der Waals surface area (Å²) < 4.78 is 7.33. The molecule has 1 aromatic carbocycles. The van der Waals surface area contributed by atoms with Crippen molar-refractivity contribution in [3.63, 3.8) is 0 Å². The van der Waals surface area contributed by atoms with E-state index in [1.165, 1.54) is 0 Å². The maximum absolute atomic E-state index is 12.7. The molecule has 1 saturated heterocycles. The van der Waals surface area contributed by atoms with Crippen LogP contribution in [0.1, 0.15) is 36.2 Å². The van der Waals surface area contributed by atoms with Gasteiger partial charge < -0.3 is 14.7 Å². The second-order valence-electron chi connectivity index (χ2n) is 7.23. The number of imidazole rings is 1. The molecule has 0 saturated carbocycles. The van der Waals surface area contributed by atoms with Crippen molar-refractivity contribution >= 4 is 45.3 Å². The highest BCUT2D eigenvalue weighted by atomic mass is 35.5. The molecule has 0 radical (unpaired) electrons. The van der Waals surface area contributed by atoms with Crippen LogP contribution in [0, 0.1) is 6.92 Å². The van der Waals surface area contributed by atoms with E-state index in [1.54, 1.807) is 12.1 Å². The number of nitrogens with zero attached hydrogens (tertiary/aromatic N) is 4. The van der Waals surface area contributed by atoms with E-state index in [0.29, 0.717) is 63.6 Å². The quantitative estimate of drug-likeness (QED) is 0.515. The Morgan fingerprint density at radius 2 is 1.86 bits per heavy atom. The monoisotopic (exact) mass is 432 g/mol. The van der Waals surface area contributed by atoms with Gasteiger partial charge in [-0.25, -0.2) is 14.6 Å². The minimum absolute atomic E-state index is 0.178. The third-order valence-corrected chi connectivity index (χ3v) is 5.95. The van der Waals surface area contributed by atoms with Gasteiger partial charge in [0.25, 0.3) is 5.56 Å². The number of aromatic nitrogens is 6. The van der Waals surface area contributed by atoms with Crippen LogP contribution < -0.4 is 5.56 Å². The van der Waals surface area contributed by atoms with Crippen LogP contribution in [0.4, 0.5) is 0 Å². The topological polar surface area (TPSA) is 101 Å². The zero-order valence-corrected chi connectivity index (χ0v) is 17.1. The number of halogens is 2. The van der Waals surface area contributed by atoms with Gasteiger partial charge in [-0.2, -0.15) is 5.10 Å². The Balaban J connectivity index is 1.56. The number of aryl methyl sites for hydroxylation is 1. The molecule has 4 aromatic rings. The lowest BCUT2D eigenvalue weighted by Gasteiger charge is -2.22. The molecule has 0 atom stereocenters. The molecule has 1 aliphatic rings. The Morgan fingerprint density at radius 3 is 2.66 bits per heavy atom. The summed E-state index contributed by atoms with van der Waals surface area (Å²) in [6.45, 7) is 3.21. The van der Waals surface area contributed by atoms with Crippen molar-refractivity contribution in [2.75, 3.05) is 13.2 Å². The minimum atomic E-state index is -0.192. The first-order chi connectivity index (χ1) is 14.0. The normalized spacial score (nSPS) is 15.6. The van der Waals surface area contributed by atoms with E-state index in [-0.39, 0.29) is 11.6 Å². The van der Waals surface area contributed by atoms with Gasteiger partial charge in [-0.1, -0.05) is 23.2 Å². The van der Waals surface area contributed by atoms with Crippen LogP contribution in [-0.4, -0.2) is 42.9 Å². The third-order valence-electron chi connectivity index (χ3n) is 5.23. The Bertz CT molecular complexity index is 1250. The van der Waals surface area contributed by atoms with Gasteiger partial charge in [-0.15, -0.1) is 0 Å². The number of benzene rings is 1. The molecular formula is C19H18Cl2N6O2. The molecule has 0 bridgehead atoms. The SMILES string of the molecule is Cc1nn(C2CCOCC2)c2nc(Cc3nc4cc(Cl)c(Cl)cc4[nH]3)[nH]c(=O)c12. The van der Waals surface area contributed by atoms with Gasteiger partial charge in [0, 0.05) is 13.2 Å². The van der Waals surface area contributed by atoms with Crippen LogP contribution in [-0.2, 0) is 11.2 Å². The van der Waals surface area contributed by atoms with Crippen molar-refractivity contribution in [2.24, 2.45) is 0 Å². The molecule has 3 aromatic heterocycles. The standard InChI is InChI=1S/C19H18Cl2N6O2/c1-9-17-18(27(26-9)10-2-4-29-5-3-10)24-16(25-19(17)28)8-15-22-13-6-11(20)12(21)7-14(13)23-15/h6-7,10H,2-5,8H2,1H3,(H,22,23)(H,24,25,28). The predicted molar refractivity (Wildman–Crippen MR) is 111 cm³/mol. The molecule has 0 aliphatic carbocycles. The van der Waals surface area contributed by atoms with Gasteiger partial charge in [0.2, 0.25) is 0 Å². The highest BCUT2D eigenvalue weighted by Crippen LogP contribution is 2.27. The Morgan fingerprint density at radius 1 is 1.14 bits per heavy atom. The summed E-state index contributed by atoms with van der Waals surface area (Å²) in [6, 6.07) is 3.62. The number of hydrogen-bond donors (Lipinski definition) is 2. The van der Waals surface area contributed by atoms with Crippen molar-refractivity contribution in [3.05, 3.63) is 49.9 Å². The van der Waals surface area contributed by atoms with Gasteiger partial charge in [0.05, 0.1) is 39.2 Å². The van der Waals surface area contributed by atoms with Crippen LogP contribution in [0.25, 0.3) is 22.1 Å². The number of aromatic amines is 2. The highest BCUT2D eigenvalue weighted by Gasteiger charge is 2.22. The summed E-state index contributed by atoms with van der Waals surface area (Å²) in [5, 5.41) is 6.04. The van der Waals surface area contributed by atoms with E-state index in [0.717, 1.165) is 18.4 Å². The zero-order chi connectivity index (χ0) is 20.1. The molecule has 150 valence electrons. The number of ether oxygens (including phenoxy) is 1. The first-order valence-electron chi connectivity index (χ1n) is 9.39. The van der Waals surface area contributed by atoms with Gasteiger partial charge >= 0.3 is 0 Å². The molecule has 0 amide bonds. The molecule has 1 fully saturated rings. The van der Waals surface area contributed by atoms with Crippen LogP contribution in [0.15, 0.2) is 16.9 Å². The molecule has 8 nitrogen and oxygen atoms in total. The number of fused-ring (bicyclic) bond motifs is 2. The van der Waals surface area contributed by atoms with E-state index in [2.05, 4.69) is 20.1 Å². The average molecular weight is 433 g/mol. The van der Waals surface area contributed by atoms with E-state index < -0.39 is 0 Å². The summed E-state index contributed by atoms with van der Waals surface area (Å²) in [7, 11) is 0. The van der Waals surface area contributed by atoms with Crippen molar-refractivity contribution in [2.45, 2.75) is 32.2 Å². The summed E-state index contributed by atoms with van der Waals surface area (Å²) >= 11 is 12.2. The highest BCUT2D eigenvalue weighted by molar-refractivity contribution is 6.42.